The Morgan fingerprint density at radius 1 is 1.24 bits per heavy atom. The van der Waals surface area contributed by atoms with Crippen LogP contribution >= 0.6 is 0 Å². The van der Waals surface area contributed by atoms with Crippen LogP contribution in [0.1, 0.15) is 17.5 Å². The summed E-state index contributed by atoms with van der Waals surface area (Å²) in [5, 5.41) is 14.5. The summed E-state index contributed by atoms with van der Waals surface area (Å²) in [5.41, 5.74) is 2.48. The van der Waals surface area contributed by atoms with E-state index in [9.17, 15) is 9.50 Å². The molecular formula is C23H25FN2O3. The fourth-order valence-corrected chi connectivity index (χ4v) is 3.29. The number of rotatable bonds is 10. The van der Waals surface area contributed by atoms with Crippen molar-refractivity contribution in [1.29, 1.82) is 0 Å². The standard InChI is InChI=1S/C23H25FN2O3/c1-2-12-28-17-20(27)15-26(14-19-10-6-7-11-22(19)24)16-21-13-23(25-29-21)18-8-4-3-5-9-18/h1,3-11,20-21,27H,12-17H2. The first-order chi connectivity index (χ1) is 14.2. The van der Waals surface area contributed by atoms with Gasteiger partial charge in [0.15, 0.2) is 0 Å². The van der Waals surface area contributed by atoms with E-state index in [1.807, 2.05) is 35.2 Å². The van der Waals surface area contributed by atoms with Crippen LogP contribution in [0.5, 0.6) is 0 Å². The Labute approximate surface area is 170 Å². The smallest absolute Gasteiger partial charge is 0.145 e. The van der Waals surface area contributed by atoms with Crippen molar-refractivity contribution in [3.63, 3.8) is 0 Å². The minimum atomic E-state index is -0.744. The molecule has 152 valence electrons. The zero-order valence-electron chi connectivity index (χ0n) is 16.2. The third-order valence-electron chi connectivity index (χ3n) is 4.62. The first-order valence-corrected chi connectivity index (χ1v) is 9.59. The van der Waals surface area contributed by atoms with Crippen LogP contribution in [-0.2, 0) is 16.1 Å². The highest BCUT2D eigenvalue weighted by atomic mass is 19.1. The Hall–Kier alpha value is -2.72. The molecule has 2 aromatic rings. The average Bonchev–Trinajstić information content (AvgIpc) is 3.19. The number of terminal acetylenes is 1. The summed E-state index contributed by atoms with van der Waals surface area (Å²) in [5.74, 6) is 2.10. The summed E-state index contributed by atoms with van der Waals surface area (Å²) < 4.78 is 19.4. The SMILES string of the molecule is C#CCOCC(O)CN(Cc1ccccc1F)CC1CC(c2ccccc2)=NO1. The van der Waals surface area contributed by atoms with Gasteiger partial charge in [0.1, 0.15) is 18.5 Å². The number of ether oxygens (including phenoxy) is 1. The number of hydrogen-bond acceptors (Lipinski definition) is 5. The maximum Gasteiger partial charge on any atom is 0.145 e. The Balaban J connectivity index is 1.62. The lowest BCUT2D eigenvalue weighted by molar-refractivity contribution is 0.00392. The van der Waals surface area contributed by atoms with Crippen molar-refractivity contribution < 1.29 is 19.1 Å². The van der Waals surface area contributed by atoms with E-state index in [1.165, 1.54) is 6.07 Å². The molecule has 5 nitrogen and oxygen atoms in total. The summed E-state index contributed by atoms with van der Waals surface area (Å²) in [6.07, 6.45) is 4.91. The van der Waals surface area contributed by atoms with Gasteiger partial charge in [-0.1, -0.05) is 59.6 Å². The van der Waals surface area contributed by atoms with E-state index in [-0.39, 0.29) is 25.1 Å². The topological polar surface area (TPSA) is 54.3 Å². The fourth-order valence-electron chi connectivity index (χ4n) is 3.29. The third-order valence-corrected chi connectivity index (χ3v) is 4.62. The van der Waals surface area contributed by atoms with E-state index in [2.05, 4.69) is 11.1 Å². The summed E-state index contributed by atoms with van der Waals surface area (Å²) in [6, 6.07) is 16.5. The first kappa shape index (κ1) is 21.0. The van der Waals surface area contributed by atoms with Gasteiger partial charge in [-0.05, 0) is 11.6 Å². The Morgan fingerprint density at radius 2 is 2.00 bits per heavy atom. The molecule has 2 aromatic carbocycles. The molecule has 1 N–H and O–H groups in total. The first-order valence-electron chi connectivity index (χ1n) is 9.59. The van der Waals surface area contributed by atoms with Crippen LogP contribution in [-0.4, -0.2) is 54.2 Å². The minimum Gasteiger partial charge on any atom is -0.390 e. The molecule has 1 aliphatic rings. The lowest BCUT2D eigenvalue weighted by Crippen LogP contribution is -2.39. The second kappa shape index (κ2) is 10.7. The molecule has 0 saturated carbocycles. The minimum absolute atomic E-state index is 0.120. The van der Waals surface area contributed by atoms with Gasteiger partial charge < -0.3 is 14.7 Å². The van der Waals surface area contributed by atoms with Crippen molar-refractivity contribution in [2.45, 2.75) is 25.2 Å². The zero-order chi connectivity index (χ0) is 20.5. The monoisotopic (exact) mass is 396 g/mol. The van der Waals surface area contributed by atoms with E-state index in [0.29, 0.717) is 31.6 Å². The molecule has 2 unspecified atom stereocenters. The van der Waals surface area contributed by atoms with Crippen molar-refractivity contribution in [3.05, 3.63) is 71.5 Å². The predicted molar refractivity (Wildman–Crippen MR) is 110 cm³/mol. The van der Waals surface area contributed by atoms with E-state index in [4.69, 9.17) is 16.0 Å². The van der Waals surface area contributed by atoms with Crippen molar-refractivity contribution in [3.8, 4) is 12.3 Å². The maximum absolute atomic E-state index is 14.1. The van der Waals surface area contributed by atoms with Gasteiger partial charge in [-0.15, -0.1) is 6.42 Å². The molecule has 0 spiro atoms. The van der Waals surface area contributed by atoms with Crippen molar-refractivity contribution >= 4 is 5.71 Å². The maximum atomic E-state index is 14.1. The van der Waals surface area contributed by atoms with Gasteiger partial charge in [-0.3, -0.25) is 4.90 Å². The molecule has 0 amide bonds. The molecule has 0 saturated heterocycles. The molecule has 3 rings (SSSR count). The fraction of sp³-hybridized carbons (Fsp3) is 0.348. The average molecular weight is 396 g/mol. The van der Waals surface area contributed by atoms with E-state index in [0.717, 1.165) is 11.3 Å². The van der Waals surface area contributed by atoms with Crippen molar-refractivity contribution in [1.82, 2.24) is 4.90 Å². The highest BCUT2D eigenvalue weighted by molar-refractivity contribution is 6.01. The van der Waals surface area contributed by atoms with Gasteiger partial charge in [0.2, 0.25) is 0 Å². The molecule has 1 heterocycles. The molecule has 1 aliphatic heterocycles. The lowest BCUT2D eigenvalue weighted by Gasteiger charge is -2.27. The molecular weight excluding hydrogens is 371 g/mol. The molecule has 0 fully saturated rings. The molecule has 2 atom stereocenters. The number of hydrogen-bond donors (Lipinski definition) is 1. The number of aliphatic hydroxyl groups excluding tert-OH is 1. The van der Waals surface area contributed by atoms with Crippen LogP contribution in [0.3, 0.4) is 0 Å². The molecule has 29 heavy (non-hydrogen) atoms. The van der Waals surface area contributed by atoms with Crippen LogP contribution in [0.4, 0.5) is 4.39 Å². The third kappa shape index (κ3) is 6.40. The van der Waals surface area contributed by atoms with Gasteiger partial charge in [-0.25, -0.2) is 4.39 Å². The molecule has 0 aromatic heterocycles. The van der Waals surface area contributed by atoms with Crippen LogP contribution in [0.2, 0.25) is 0 Å². The Morgan fingerprint density at radius 3 is 2.76 bits per heavy atom. The Bertz CT molecular complexity index is 851. The van der Waals surface area contributed by atoms with Gasteiger partial charge in [0.05, 0.1) is 18.4 Å². The quantitative estimate of drug-likeness (QED) is 0.496. The van der Waals surface area contributed by atoms with E-state index >= 15 is 0 Å². The van der Waals surface area contributed by atoms with Crippen LogP contribution in [0, 0.1) is 18.2 Å². The Kier molecular flexibility index (Phi) is 7.77. The second-order valence-corrected chi connectivity index (χ2v) is 6.99. The lowest BCUT2D eigenvalue weighted by atomic mass is 10.0. The number of benzene rings is 2. The predicted octanol–water partition coefficient (Wildman–Crippen LogP) is 2.83. The highest BCUT2D eigenvalue weighted by Crippen LogP contribution is 2.19. The van der Waals surface area contributed by atoms with E-state index in [1.54, 1.807) is 18.2 Å². The van der Waals surface area contributed by atoms with Gasteiger partial charge in [0.25, 0.3) is 0 Å². The molecule has 0 bridgehead atoms. The van der Waals surface area contributed by atoms with Gasteiger partial charge >= 0.3 is 0 Å². The molecule has 0 aliphatic carbocycles. The summed E-state index contributed by atoms with van der Waals surface area (Å²) in [4.78, 5) is 7.57. The largest absolute Gasteiger partial charge is 0.390 e. The number of aliphatic hydroxyl groups is 1. The van der Waals surface area contributed by atoms with Crippen LogP contribution < -0.4 is 0 Å². The van der Waals surface area contributed by atoms with Gasteiger partial charge in [0, 0.05) is 31.6 Å². The number of oxime groups is 1. The molecule has 0 radical (unpaired) electrons. The van der Waals surface area contributed by atoms with Crippen molar-refractivity contribution in [2.75, 3.05) is 26.3 Å². The van der Waals surface area contributed by atoms with Crippen LogP contribution in [0.15, 0.2) is 59.8 Å². The molecule has 6 heteroatoms. The summed E-state index contributed by atoms with van der Waals surface area (Å²) >= 11 is 0. The van der Waals surface area contributed by atoms with Crippen LogP contribution in [0.25, 0.3) is 0 Å². The zero-order valence-corrected chi connectivity index (χ0v) is 16.2. The summed E-state index contributed by atoms with van der Waals surface area (Å²) in [7, 11) is 0. The van der Waals surface area contributed by atoms with Crippen molar-refractivity contribution in [2.24, 2.45) is 5.16 Å². The van der Waals surface area contributed by atoms with Gasteiger partial charge in [-0.2, -0.15) is 0 Å². The number of halogens is 1. The number of nitrogens with zero attached hydrogens (tertiary/aromatic N) is 2. The summed E-state index contributed by atoms with van der Waals surface area (Å²) in [6.45, 7) is 1.42. The second-order valence-electron chi connectivity index (χ2n) is 6.99. The highest BCUT2D eigenvalue weighted by Gasteiger charge is 2.26. The van der Waals surface area contributed by atoms with E-state index < -0.39 is 6.10 Å². The normalized spacial score (nSPS) is 16.9.